The van der Waals surface area contributed by atoms with Crippen LogP contribution in [0.3, 0.4) is 0 Å². The number of carbonyl (C=O) groups is 5. The topological polar surface area (TPSA) is 245 Å². The molecule has 2 aliphatic heterocycles. The second-order valence-electron chi connectivity index (χ2n) is 15.6. The highest BCUT2D eigenvalue weighted by Crippen LogP contribution is 2.36. The average molecular weight is 922 g/mol. The Morgan fingerprint density at radius 2 is 1.63 bits per heavy atom. The van der Waals surface area contributed by atoms with Crippen LogP contribution in [0.5, 0.6) is 11.5 Å². The van der Waals surface area contributed by atoms with E-state index in [-0.39, 0.29) is 42.5 Å². The third-order valence-corrected chi connectivity index (χ3v) is 10.9. The maximum Gasteiger partial charge on any atom is 0.415 e. The lowest BCUT2D eigenvalue weighted by Gasteiger charge is -2.44. The third kappa shape index (κ3) is 11.7. The monoisotopic (exact) mass is 921 g/mol. The number of esters is 3. The van der Waals surface area contributed by atoms with E-state index in [9.17, 15) is 38.9 Å². The molecule has 6 rings (SSSR count). The molecule has 1 unspecified atom stereocenters. The summed E-state index contributed by atoms with van der Waals surface area (Å²) in [6.45, 7) is 6.91. The molecule has 2 aliphatic rings. The van der Waals surface area contributed by atoms with Crippen LogP contribution in [0, 0.1) is 17.0 Å². The van der Waals surface area contributed by atoms with Crippen molar-refractivity contribution in [3.63, 3.8) is 0 Å². The SMILES string of the molecule is CC[C@H]1O[C@@H](Oc2ccc(COC(=O)N(C)CC3CCCCN3C(=O)Oc3ccc(C)cc3-c3nc4ccc(Cl)cc4c(=O)[nH]3)cc2[N+](=O)[O-])[C@H](OC(C)=O)[C@@H](OC(C)=O)[C@H]1OC(C)=O. The molecule has 2 saturated heterocycles. The smallest absolute Gasteiger partial charge is 0.415 e. The molecule has 3 aromatic carbocycles. The van der Waals surface area contributed by atoms with E-state index in [1.54, 1.807) is 37.3 Å². The highest BCUT2D eigenvalue weighted by Gasteiger charge is 2.52. The molecule has 0 bridgehead atoms. The van der Waals surface area contributed by atoms with Crippen LogP contribution in [0.2, 0.25) is 5.02 Å². The molecular formula is C44H48ClN5O15. The standard InChI is InChI=1S/C44H48ClN5O15/c1-7-34-37(60-24(3)51)38(61-25(4)52)39(62-26(5)53)42(63-34)64-36-16-12-27(19-33(36)50(57)58)22-59-43(55)48(6)21-29-10-8-9-17-49(29)44(56)65-35-15-11-23(2)18-31(35)40-46-32-14-13-28(45)20-30(32)41(54)47-40/h11-16,18-20,29,34,37-39,42H,7-10,17,21-22H2,1-6H3,(H,46,47,54)/t29?,34-,37+,38+,39-,42+/m1/s1. The number of nitrogens with one attached hydrogen (secondary N) is 1. The van der Waals surface area contributed by atoms with Gasteiger partial charge in [-0.15, -0.1) is 0 Å². The van der Waals surface area contributed by atoms with Gasteiger partial charge in [0.25, 0.3) is 5.56 Å². The van der Waals surface area contributed by atoms with Crippen molar-refractivity contribution in [3.8, 4) is 22.9 Å². The van der Waals surface area contributed by atoms with Crippen LogP contribution in [-0.2, 0) is 44.7 Å². The summed E-state index contributed by atoms with van der Waals surface area (Å²) in [5.74, 6) is -2.29. The number of rotatable bonds is 13. The zero-order valence-electron chi connectivity index (χ0n) is 36.4. The van der Waals surface area contributed by atoms with Gasteiger partial charge in [-0.25, -0.2) is 14.6 Å². The van der Waals surface area contributed by atoms with Gasteiger partial charge in [0.15, 0.2) is 18.0 Å². The Balaban J connectivity index is 1.12. The molecular weight excluding hydrogens is 874 g/mol. The molecule has 1 aromatic heterocycles. The van der Waals surface area contributed by atoms with Gasteiger partial charge < -0.3 is 47.9 Å². The second-order valence-corrected chi connectivity index (χ2v) is 16.0. The first-order valence-corrected chi connectivity index (χ1v) is 21.1. The first-order chi connectivity index (χ1) is 30.9. The number of aromatic nitrogens is 2. The van der Waals surface area contributed by atoms with E-state index in [1.165, 1.54) is 35.0 Å². The third-order valence-electron chi connectivity index (χ3n) is 10.6. The first kappa shape index (κ1) is 47.7. The van der Waals surface area contributed by atoms with Gasteiger partial charge in [-0.1, -0.05) is 36.2 Å². The maximum atomic E-state index is 13.8. The maximum absolute atomic E-state index is 13.8. The van der Waals surface area contributed by atoms with Crippen LogP contribution in [-0.4, -0.2) is 112 Å². The van der Waals surface area contributed by atoms with Gasteiger partial charge in [0.2, 0.25) is 12.4 Å². The van der Waals surface area contributed by atoms with E-state index in [4.69, 9.17) is 44.8 Å². The Hall–Kier alpha value is -6.80. The molecule has 2 amide bonds. The minimum absolute atomic E-state index is 0.0695. The van der Waals surface area contributed by atoms with Crippen LogP contribution in [0.4, 0.5) is 15.3 Å². The number of hydrogen-bond acceptors (Lipinski definition) is 16. The number of likely N-dealkylation sites (tertiary alicyclic amines) is 1. The lowest BCUT2D eigenvalue weighted by molar-refractivity contribution is -0.387. The van der Waals surface area contributed by atoms with Gasteiger partial charge in [0.1, 0.15) is 24.3 Å². The van der Waals surface area contributed by atoms with Crippen molar-refractivity contribution in [3.05, 3.63) is 91.2 Å². The molecule has 4 aromatic rings. The summed E-state index contributed by atoms with van der Waals surface area (Å²) >= 11 is 6.09. The van der Waals surface area contributed by atoms with Crippen LogP contribution >= 0.6 is 11.6 Å². The van der Waals surface area contributed by atoms with Gasteiger partial charge in [-0.2, -0.15) is 0 Å². The van der Waals surface area contributed by atoms with Crippen molar-refractivity contribution in [2.45, 2.75) is 104 Å². The first-order valence-electron chi connectivity index (χ1n) is 20.7. The molecule has 6 atom stereocenters. The van der Waals surface area contributed by atoms with Crippen LogP contribution in [0.15, 0.2) is 59.4 Å². The number of fused-ring (bicyclic) bond motifs is 1. The van der Waals surface area contributed by atoms with Crippen molar-refractivity contribution in [2.75, 3.05) is 20.1 Å². The number of benzene rings is 3. The molecule has 0 radical (unpaired) electrons. The molecule has 2 fully saturated rings. The normalized spacial score (nSPS) is 20.6. The Morgan fingerprint density at radius 3 is 2.32 bits per heavy atom. The Kier molecular flexibility index (Phi) is 15.3. The highest BCUT2D eigenvalue weighted by molar-refractivity contribution is 6.31. The van der Waals surface area contributed by atoms with Crippen molar-refractivity contribution in [2.24, 2.45) is 0 Å². The Labute approximate surface area is 377 Å². The van der Waals surface area contributed by atoms with Gasteiger partial charge in [-0.3, -0.25) is 29.3 Å². The quantitative estimate of drug-likeness (QED) is 0.0660. The molecule has 1 N–H and O–H groups in total. The predicted octanol–water partition coefficient (Wildman–Crippen LogP) is 6.39. The number of carbonyl (C=O) groups excluding carboxylic acids is 5. The fourth-order valence-corrected chi connectivity index (χ4v) is 7.86. The van der Waals surface area contributed by atoms with E-state index >= 15 is 0 Å². The molecule has 0 aliphatic carbocycles. The highest BCUT2D eigenvalue weighted by atomic mass is 35.5. The number of piperidine rings is 1. The summed E-state index contributed by atoms with van der Waals surface area (Å²) in [6, 6.07) is 13.2. The number of H-pyrrole nitrogens is 1. The molecule has 0 spiro atoms. The minimum Gasteiger partial charge on any atom is -0.456 e. The van der Waals surface area contributed by atoms with Crippen molar-refractivity contribution in [1.82, 2.24) is 19.8 Å². The van der Waals surface area contributed by atoms with Gasteiger partial charge in [-0.05, 0) is 74.6 Å². The molecule has 21 heteroatoms. The number of nitro benzene ring substituents is 1. The van der Waals surface area contributed by atoms with Gasteiger partial charge in [0.05, 0.1) is 27.4 Å². The summed E-state index contributed by atoms with van der Waals surface area (Å²) in [5, 5.41) is 13.0. The molecule has 65 heavy (non-hydrogen) atoms. The second kappa shape index (κ2) is 20.8. The fraction of sp³-hybridized carbons (Fsp3) is 0.432. The summed E-state index contributed by atoms with van der Waals surface area (Å²) in [5.41, 5.74) is 0.868. The Bertz CT molecular complexity index is 2530. The Morgan fingerprint density at radius 1 is 0.938 bits per heavy atom. The molecule has 20 nitrogen and oxygen atoms in total. The zero-order valence-corrected chi connectivity index (χ0v) is 37.2. The predicted molar refractivity (Wildman–Crippen MR) is 230 cm³/mol. The fourth-order valence-electron chi connectivity index (χ4n) is 7.68. The van der Waals surface area contributed by atoms with Crippen LogP contribution < -0.4 is 15.0 Å². The van der Waals surface area contributed by atoms with Crippen LogP contribution in [0.25, 0.3) is 22.3 Å². The van der Waals surface area contributed by atoms with Crippen molar-refractivity contribution < 1.29 is 62.1 Å². The van der Waals surface area contributed by atoms with Gasteiger partial charge in [0, 0.05) is 52.0 Å². The number of ether oxygens (including phenoxy) is 7. The number of aromatic amines is 1. The minimum atomic E-state index is -1.56. The number of aryl methyl sites for hydroxylation is 1. The van der Waals surface area contributed by atoms with Crippen LogP contribution in [0.1, 0.15) is 64.5 Å². The van der Waals surface area contributed by atoms with Crippen molar-refractivity contribution >= 4 is 58.3 Å². The van der Waals surface area contributed by atoms with E-state index in [1.807, 2.05) is 6.92 Å². The van der Waals surface area contributed by atoms with E-state index < -0.39 is 83.0 Å². The van der Waals surface area contributed by atoms with E-state index in [0.29, 0.717) is 40.9 Å². The van der Waals surface area contributed by atoms with E-state index in [0.717, 1.165) is 38.8 Å². The largest absolute Gasteiger partial charge is 0.456 e. The van der Waals surface area contributed by atoms with Gasteiger partial charge >= 0.3 is 35.8 Å². The number of nitro groups is 1. The number of nitrogens with zero attached hydrogens (tertiary/aromatic N) is 4. The summed E-state index contributed by atoms with van der Waals surface area (Å²) in [4.78, 5) is 98.1. The van der Waals surface area contributed by atoms with Crippen molar-refractivity contribution in [1.29, 1.82) is 0 Å². The lowest BCUT2D eigenvalue weighted by Crippen LogP contribution is -2.62. The molecule has 3 heterocycles. The average Bonchev–Trinajstić information content (AvgIpc) is 3.25. The van der Waals surface area contributed by atoms with E-state index in [2.05, 4.69) is 9.97 Å². The number of amides is 2. The number of halogens is 1. The summed E-state index contributed by atoms with van der Waals surface area (Å²) < 4.78 is 39.6. The number of likely N-dealkylation sites (N-methyl/N-ethyl adjacent to an activating group) is 1. The number of hydrogen-bond donors (Lipinski definition) is 1. The summed E-state index contributed by atoms with van der Waals surface area (Å²) in [7, 11) is 1.50. The summed E-state index contributed by atoms with van der Waals surface area (Å²) in [6.07, 6.45) is -5.80. The molecule has 346 valence electrons. The lowest BCUT2D eigenvalue weighted by atomic mass is 9.96. The molecule has 0 saturated carbocycles. The zero-order chi connectivity index (χ0) is 47.1.